The number of hydrogen-bond acceptors (Lipinski definition) is 1. The quantitative estimate of drug-likeness (QED) is 0.615. The first-order valence-corrected chi connectivity index (χ1v) is 10.8. The monoisotopic (exact) mass is 342 g/mol. The van der Waals surface area contributed by atoms with Gasteiger partial charge in [0.25, 0.3) is 0 Å². The van der Waals surface area contributed by atoms with Crippen molar-refractivity contribution >= 4 is 33.3 Å². The molecule has 0 spiro atoms. The van der Waals surface area contributed by atoms with Crippen LogP contribution in [0.5, 0.6) is 0 Å². The van der Waals surface area contributed by atoms with Gasteiger partial charge in [0, 0.05) is 0 Å². The summed E-state index contributed by atoms with van der Waals surface area (Å²) < 4.78 is 6.47. The van der Waals surface area contributed by atoms with E-state index in [9.17, 15) is 0 Å². The molecule has 0 aliphatic heterocycles. The molecule has 0 aliphatic carbocycles. The summed E-state index contributed by atoms with van der Waals surface area (Å²) in [6.45, 7) is 2.54. The molecule has 0 fully saturated rings. The predicted molar refractivity (Wildman–Crippen MR) is 103 cm³/mol. The van der Waals surface area contributed by atoms with Crippen LogP contribution in [-0.4, -0.2) is 6.61 Å². The normalized spacial score (nSPS) is 13.2. The fraction of sp³-hybridized carbons (Fsp3) is 0.100. The van der Waals surface area contributed by atoms with Crippen LogP contribution >= 0.6 is 17.4 Å². The van der Waals surface area contributed by atoms with E-state index in [0.717, 1.165) is 15.9 Å². The predicted octanol–water partition coefficient (Wildman–Crippen LogP) is 4.62. The average molecular weight is 343 g/mol. The summed E-state index contributed by atoms with van der Waals surface area (Å²) in [6.07, 6.45) is -3.46. The fourth-order valence-corrected chi connectivity index (χ4v) is 8.24. The van der Waals surface area contributed by atoms with Crippen molar-refractivity contribution in [2.24, 2.45) is 0 Å². The zero-order valence-corrected chi connectivity index (χ0v) is 14.8. The minimum absolute atomic E-state index is 0.542. The van der Waals surface area contributed by atoms with Crippen molar-refractivity contribution in [3.63, 3.8) is 0 Å². The van der Waals surface area contributed by atoms with E-state index >= 15 is 0 Å². The van der Waals surface area contributed by atoms with Crippen LogP contribution in [-0.2, 0) is 4.52 Å². The zero-order chi connectivity index (χ0) is 16.2. The SMILES string of the molecule is CCOP(Cl)(c1ccccc1)(c1ccccc1)c1ccccc1. The van der Waals surface area contributed by atoms with E-state index in [-0.39, 0.29) is 0 Å². The first-order chi connectivity index (χ1) is 11.2. The topological polar surface area (TPSA) is 9.23 Å². The van der Waals surface area contributed by atoms with Gasteiger partial charge in [0.2, 0.25) is 0 Å². The van der Waals surface area contributed by atoms with Crippen LogP contribution in [0, 0.1) is 0 Å². The molecule has 3 rings (SSSR count). The standard InChI is InChI=1S/C20H20ClOP/c1-2-22-23(21,18-12-6-3-7-13-18,19-14-8-4-9-15-19)20-16-10-5-11-17-20/h3-17H,2H2,1H3. The van der Waals surface area contributed by atoms with Crippen LogP contribution in [0.15, 0.2) is 91.0 Å². The third kappa shape index (κ3) is 2.60. The second kappa shape index (κ2) is 6.45. The van der Waals surface area contributed by atoms with Gasteiger partial charge in [-0.1, -0.05) is 0 Å². The molecule has 0 saturated heterocycles. The van der Waals surface area contributed by atoms with Gasteiger partial charge < -0.3 is 0 Å². The molecular formula is C20H20ClOP. The van der Waals surface area contributed by atoms with Crippen molar-refractivity contribution in [1.29, 1.82) is 0 Å². The summed E-state index contributed by atoms with van der Waals surface area (Å²) in [5.74, 6) is 0. The molecule has 0 atom stereocenters. The molecule has 0 N–H and O–H groups in total. The summed E-state index contributed by atoms with van der Waals surface area (Å²) >= 11 is 7.58. The van der Waals surface area contributed by atoms with E-state index in [2.05, 4.69) is 36.4 Å². The summed E-state index contributed by atoms with van der Waals surface area (Å²) in [5.41, 5.74) is 0. The molecule has 0 aromatic heterocycles. The molecule has 0 bridgehead atoms. The molecular weight excluding hydrogens is 323 g/mol. The minimum atomic E-state index is -3.46. The average Bonchev–Trinajstić information content (AvgIpc) is 2.64. The fourth-order valence-electron chi connectivity index (χ4n) is 3.00. The van der Waals surface area contributed by atoms with Gasteiger partial charge in [-0.25, -0.2) is 0 Å². The van der Waals surface area contributed by atoms with Gasteiger partial charge in [-0.2, -0.15) is 0 Å². The van der Waals surface area contributed by atoms with Gasteiger partial charge in [0.1, 0.15) is 0 Å². The number of halogens is 1. The third-order valence-corrected chi connectivity index (χ3v) is 10.5. The van der Waals surface area contributed by atoms with E-state index in [1.165, 1.54) is 0 Å². The van der Waals surface area contributed by atoms with Crippen molar-refractivity contribution in [3.8, 4) is 0 Å². The van der Waals surface area contributed by atoms with Gasteiger partial charge in [0.05, 0.1) is 0 Å². The number of benzene rings is 3. The molecule has 0 heterocycles. The number of hydrogen-bond donors (Lipinski definition) is 0. The van der Waals surface area contributed by atoms with Crippen molar-refractivity contribution < 1.29 is 4.52 Å². The Labute approximate surface area is 142 Å². The first-order valence-electron chi connectivity index (χ1n) is 7.75. The summed E-state index contributed by atoms with van der Waals surface area (Å²) in [5, 5.41) is 3.08. The molecule has 3 aromatic rings. The van der Waals surface area contributed by atoms with E-state index in [4.69, 9.17) is 15.8 Å². The summed E-state index contributed by atoms with van der Waals surface area (Å²) in [6, 6.07) is 30.5. The zero-order valence-electron chi connectivity index (χ0n) is 13.1. The second-order valence-corrected chi connectivity index (χ2v) is 11.0. The van der Waals surface area contributed by atoms with Crippen LogP contribution in [0.3, 0.4) is 0 Å². The Morgan fingerprint density at radius 3 is 1.22 bits per heavy atom. The van der Waals surface area contributed by atoms with Crippen LogP contribution in [0.1, 0.15) is 6.92 Å². The van der Waals surface area contributed by atoms with Crippen LogP contribution in [0.2, 0.25) is 0 Å². The van der Waals surface area contributed by atoms with Crippen LogP contribution in [0.25, 0.3) is 0 Å². The Hall–Kier alpha value is -1.66. The Balaban J connectivity index is 2.41. The molecule has 23 heavy (non-hydrogen) atoms. The Bertz CT molecular complexity index is 660. The van der Waals surface area contributed by atoms with Gasteiger partial charge in [0.15, 0.2) is 0 Å². The molecule has 0 amide bonds. The van der Waals surface area contributed by atoms with E-state index in [1.807, 2.05) is 61.5 Å². The molecule has 0 unspecified atom stereocenters. The van der Waals surface area contributed by atoms with Gasteiger partial charge in [-0.3, -0.25) is 0 Å². The van der Waals surface area contributed by atoms with Crippen molar-refractivity contribution in [2.45, 2.75) is 6.92 Å². The van der Waals surface area contributed by atoms with Crippen LogP contribution < -0.4 is 15.9 Å². The maximum absolute atomic E-state index is 7.58. The van der Waals surface area contributed by atoms with Crippen LogP contribution in [0.4, 0.5) is 0 Å². The Morgan fingerprint density at radius 2 is 0.957 bits per heavy atom. The number of rotatable bonds is 5. The van der Waals surface area contributed by atoms with Gasteiger partial charge in [-0.05, 0) is 0 Å². The summed E-state index contributed by atoms with van der Waals surface area (Å²) in [4.78, 5) is 0. The van der Waals surface area contributed by atoms with Gasteiger partial charge >= 0.3 is 142 Å². The third-order valence-electron chi connectivity index (χ3n) is 4.02. The molecule has 1 nitrogen and oxygen atoms in total. The van der Waals surface area contributed by atoms with Gasteiger partial charge in [-0.15, -0.1) is 0 Å². The summed E-state index contributed by atoms with van der Waals surface area (Å²) in [7, 11) is 0. The maximum atomic E-state index is 7.58. The second-order valence-electron chi connectivity index (χ2n) is 5.36. The molecule has 3 heteroatoms. The van der Waals surface area contributed by atoms with Crippen molar-refractivity contribution in [2.75, 3.05) is 6.61 Å². The van der Waals surface area contributed by atoms with E-state index < -0.39 is 6.18 Å². The van der Waals surface area contributed by atoms with Crippen molar-refractivity contribution in [1.82, 2.24) is 0 Å². The molecule has 0 aliphatic rings. The molecule has 0 saturated carbocycles. The molecule has 3 aromatic carbocycles. The van der Waals surface area contributed by atoms with Crippen molar-refractivity contribution in [3.05, 3.63) is 91.0 Å². The first kappa shape index (κ1) is 16.2. The molecule has 118 valence electrons. The molecule has 0 radical (unpaired) electrons. The Morgan fingerprint density at radius 1 is 0.652 bits per heavy atom. The van der Waals surface area contributed by atoms with E-state index in [0.29, 0.717) is 6.61 Å². The van der Waals surface area contributed by atoms with E-state index in [1.54, 1.807) is 0 Å². The Kier molecular flexibility index (Phi) is 4.55.